The van der Waals surface area contributed by atoms with Crippen molar-refractivity contribution in [2.24, 2.45) is 11.7 Å². The summed E-state index contributed by atoms with van der Waals surface area (Å²) in [7, 11) is -2.90. The van der Waals surface area contributed by atoms with Crippen molar-refractivity contribution in [3.8, 4) is 0 Å². The predicted molar refractivity (Wildman–Crippen MR) is 48.6 cm³/mol. The van der Waals surface area contributed by atoms with Crippen LogP contribution in [0.3, 0.4) is 0 Å². The van der Waals surface area contributed by atoms with Crippen LogP contribution in [0.2, 0.25) is 0 Å². The van der Waals surface area contributed by atoms with Gasteiger partial charge in [0.25, 0.3) is 0 Å². The van der Waals surface area contributed by atoms with Gasteiger partial charge in [0.2, 0.25) is 0 Å². The van der Waals surface area contributed by atoms with Crippen LogP contribution in [-0.2, 0) is 9.84 Å². The van der Waals surface area contributed by atoms with Crippen molar-refractivity contribution >= 4 is 9.84 Å². The third-order valence-electron chi connectivity index (χ3n) is 1.87. The summed E-state index contributed by atoms with van der Waals surface area (Å²) < 4.78 is 22.0. The highest BCUT2D eigenvalue weighted by molar-refractivity contribution is 7.91. The Bertz CT molecular complexity index is 197. The molecule has 0 bridgehead atoms. The van der Waals surface area contributed by atoms with Crippen LogP contribution in [0, 0.1) is 5.92 Å². The van der Waals surface area contributed by atoms with Gasteiger partial charge in [0.1, 0.15) is 9.84 Å². The van der Waals surface area contributed by atoms with E-state index in [-0.39, 0.29) is 24.0 Å². The molecule has 0 amide bonds. The van der Waals surface area contributed by atoms with E-state index in [4.69, 9.17) is 10.8 Å². The van der Waals surface area contributed by atoms with Gasteiger partial charge in [0, 0.05) is 12.4 Å². The number of aliphatic hydroxyl groups excluding tert-OH is 1. The number of hydrogen-bond donors (Lipinski definition) is 2. The molecule has 0 fully saturated rings. The zero-order valence-electron chi connectivity index (χ0n) is 7.36. The van der Waals surface area contributed by atoms with E-state index in [0.717, 1.165) is 0 Å². The minimum Gasteiger partial charge on any atom is -0.396 e. The Morgan fingerprint density at radius 3 is 2.42 bits per heavy atom. The van der Waals surface area contributed by atoms with Crippen LogP contribution in [0.15, 0.2) is 0 Å². The summed E-state index contributed by atoms with van der Waals surface area (Å²) >= 11 is 0. The Hall–Kier alpha value is -0.130. The standard InChI is InChI=1S/C7H17NO3S/c1-2-12(10,11)4-3-7(5-8)6-9/h7,9H,2-6,8H2,1H3. The van der Waals surface area contributed by atoms with E-state index >= 15 is 0 Å². The number of rotatable bonds is 6. The molecule has 0 aliphatic rings. The summed E-state index contributed by atoms with van der Waals surface area (Å²) in [6.45, 7) is 1.93. The van der Waals surface area contributed by atoms with E-state index in [0.29, 0.717) is 13.0 Å². The fraction of sp³-hybridized carbons (Fsp3) is 1.00. The minimum absolute atomic E-state index is 0.0320. The van der Waals surface area contributed by atoms with Crippen molar-refractivity contribution in [2.45, 2.75) is 13.3 Å². The minimum atomic E-state index is -2.90. The zero-order chi connectivity index (χ0) is 9.61. The van der Waals surface area contributed by atoms with Gasteiger partial charge in [-0.05, 0) is 18.9 Å². The number of sulfone groups is 1. The van der Waals surface area contributed by atoms with Gasteiger partial charge in [-0.3, -0.25) is 0 Å². The van der Waals surface area contributed by atoms with E-state index in [2.05, 4.69) is 0 Å². The van der Waals surface area contributed by atoms with Crippen molar-refractivity contribution in [1.29, 1.82) is 0 Å². The SMILES string of the molecule is CCS(=O)(=O)CCC(CN)CO. The Balaban J connectivity index is 3.81. The van der Waals surface area contributed by atoms with Gasteiger partial charge in [0.05, 0.1) is 5.75 Å². The predicted octanol–water partition coefficient (Wildman–Crippen LogP) is -0.622. The van der Waals surface area contributed by atoms with Crippen LogP contribution in [0.1, 0.15) is 13.3 Å². The van der Waals surface area contributed by atoms with E-state index in [1.807, 2.05) is 0 Å². The molecule has 0 rings (SSSR count). The van der Waals surface area contributed by atoms with Gasteiger partial charge in [-0.2, -0.15) is 0 Å². The van der Waals surface area contributed by atoms with Crippen LogP contribution in [-0.4, -0.2) is 38.2 Å². The smallest absolute Gasteiger partial charge is 0.150 e. The molecular formula is C7H17NO3S. The van der Waals surface area contributed by atoms with Gasteiger partial charge < -0.3 is 10.8 Å². The van der Waals surface area contributed by atoms with Crippen LogP contribution in [0.5, 0.6) is 0 Å². The Morgan fingerprint density at radius 1 is 1.50 bits per heavy atom. The molecule has 0 heterocycles. The first-order chi connectivity index (χ1) is 5.55. The Morgan fingerprint density at radius 2 is 2.08 bits per heavy atom. The van der Waals surface area contributed by atoms with E-state index in [1.54, 1.807) is 6.92 Å². The lowest BCUT2D eigenvalue weighted by atomic mass is 10.1. The Kier molecular flexibility index (Phi) is 5.44. The molecule has 0 radical (unpaired) electrons. The lowest BCUT2D eigenvalue weighted by molar-refractivity contribution is 0.227. The lowest BCUT2D eigenvalue weighted by Gasteiger charge is -2.10. The van der Waals surface area contributed by atoms with Gasteiger partial charge in [-0.15, -0.1) is 0 Å². The molecule has 4 nitrogen and oxygen atoms in total. The Labute approximate surface area is 73.7 Å². The monoisotopic (exact) mass is 195 g/mol. The third-order valence-corrected chi connectivity index (χ3v) is 3.61. The van der Waals surface area contributed by atoms with Crippen molar-refractivity contribution in [3.05, 3.63) is 0 Å². The second-order valence-corrected chi connectivity index (χ2v) is 5.28. The maximum absolute atomic E-state index is 11.0. The average molecular weight is 195 g/mol. The summed E-state index contributed by atoms with van der Waals surface area (Å²) in [5.74, 6) is 0.216. The molecular weight excluding hydrogens is 178 g/mol. The van der Waals surface area contributed by atoms with Crippen LogP contribution in [0.4, 0.5) is 0 Å². The van der Waals surface area contributed by atoms with Gasteiger partial charge >= 0.3 is 0 Å². The molecule has 12 heavy (non-hydrogen) atoms. The molecule has 0 aromatic rings. The number of hydrogen-bond acceptors (Lipinski definition) is 4. The molecule has 5 heteroatoms. The molecule has 0 aliphatic carbocycles. The highest BCUT2D eigenvalue weighted by Crippen LogP contribution is 2.03. The first-order valence-electron chi connectivity index (χ1n) is 4.07. The largest absolute Gasteiger partial charge is 0.396 e. The lowest BCUT2D eigenvalue weighted by Crippen LogP contribution is -2.22. The first-order valence-corrected chi connectivity index (χ1v) is 5.89. The summed E-state index contributed by atoms with van der Waals surface area (Å²) in [6, 6.07) is 0. The van der Waals surface area contributed by atoms with Crippen LogP contribution in [0.25, 0.3) is 0 Å². The quantitative estimate of drug-likeness (QED) is 0.592. The van der Waals surface area contributed by atoms with Gasteiger partial charge in [0.15, 0.2) is 0 Å². The topological polar surface area (TPSA) is 80.4 Å². The fourth-order valence-corrected chi connectivity index (χ4v) is 1.76. The number of nitrogens with two attached hydrogens (primary N) is 1. The summed E-state index contributed by atoms with van der Waals surface area (Å²) in [4.78, 5) is 0. The summed E-state index contributed by atoms with van der Waals surface area (Å²) in [5.41, 5.74) is 5.30. The van der Waals surface area contributed by atoms with E-state index in [9.17, 15) is 8.42 Å². The molecule has 1 unspecified atom stereocenters. The van der Waals surface area contributed by atoms with Crippen molar-refractivity contribution < 1.29 is 13.5 Å². The average Bonchev–Trinajstić information content (AvgIpc) is 2.06. The second kappa shape index (κ2) is 5.50. The third kappa shape index (κ3) is 4.69. The molecule has 74 valence electrons. The molecule has 0 aliphatic heterocycles. The van der Waals surface area contributed by atoms with E-state index in [1.165, 1.54) is 0 Å². The normalized spacial score (nSPS) is 14.6. The van der Waals surface area contributed by atoms with Crippen molar-refractivity contribution in [3.63, 3.8) is 0 Å². The van der Waals surface area contributed by atoms with Crippen molar-refractivity contribution in [2.75, 3.05) is 24.7 Å². The molecule has 1 atom stereocenters. The molecule has 0 aromatic carbocycles. The van der Waals surface area contributed by atoms with Gasteiger partial charge in [-0.25, -0.2) is 8.42 Å². The maximum Gasteiger partial charge on any atom is 0.150 e. The number of aliphatic hydroxyl groups is 1. The highest BCUT2D eigenvalue weighted by atomic mass is 32.2. The van der Waals surface area contributed by atoms with E-state index < -0.39 is 9.84 Å². The first kappa shape index (κ1) is 11.9. The summed E-state index contributed by atoms with van der Waals surface area (Å²) in [6.07, 6.45) is 0.461. The van der Waals surface area contributed by atoms with Gasteiger partial charge in [-0.1, -0.05) is 6.92 Å². The maximum atomic E-state index is 11.0. The zero-order valence-corrected chi connectivity index (χ0v) is 8.18. The highest BCUT2D eigenvalue weighted by Gasteiger charge is 2.11. The summed E-state index contributed by atoms with van der Waals surface area (Å²) in [5, 5.41) is 8.72. The van der Waals surface area contributed by atoms with Crippen LogP contribution >= 0.6 is 0 Å². The second-order valence-electron chi connectivity index (χ2n) is 2.81. The molecule has 0 aromatic heterocycles. The molecule has 3 N–H and O–H groups in total. The fourth-order valence-electron chi connectivity index (χ4n) is 0.774. The molecule has 0 saturated carbocycles. The molecule has 0 saturated heterocycles. The van der Waals surface area contributed by atoms with Crippen molar-refractivity contribution in [1.82, 2.24) is 0 Å². The van der Waals surface area contributed by atoms with Crippen LogP contribution < -0.4 is 5.73 Å². The molecule has 0 spiro atoms.